The van der Waals surface area contributed by atoms with E-state index in [1.165, 1.54) is 6.07 Å². The monoisotopic (exact) mass is 354 g/mol. The number of rotatable bonds is 8. The van der Waals surface area contributed by atoms with Gasteiger partial charge in [0.15, 0.2) is 9.84 Å². The third-order valence-corrected chi connectivity index (χ3v) is 5.45. The van der Waals surface area contributed by atoms with Crippen LogP contribution in [0.1, 0.15) is 36.0 Å². The lowest BCUT2D eigenvalue weighted by molar-refractivity contribution is 0.0697. The van der Waals surface area contributed by atoms with Crippen molar-refractivity contribution in [3.63, 3.8) is 0 Å². The maximum atomic E-state index is 12.2. The molecule has 1 aromatic rings. The van der Waals surface area contributed by atoms with E-state index in [0.717, 1.165) is 12.5 Å². The number of hydrogen-bond acceptors (Lipinski definition) is 4. The molecule has 0 amide bonds. The molecular weight excluding hydrogens is 339 g/mol. The molecular formula is C13H16Cl2O5S. The predicted molar refractivity (Wildman–Crippen MR) is 81.0 cm³/mol. The second-order valence-electron chi connectivity index (χ2n) is 4.53. The Bertz CT molecular complexity index is 613. The summed E-state index contributed by atoms with van der Waals surface area (Å²) in [6.07, 6.45) is 2.42. The van der Waals surface area contributed by atoms with Gasteiger partial charge in [0.1, 0.15) is 0 Å². The summed E-state index contributed by atoms with van der Waals surface area (Å²) in [4.78, 5) is 10.8. The number of aliphatic hydroxyl groups is 1. The first kappa shape index (κ1) is 18.2. The van der Waals surface area contributed by atoms with Crippen LogP contribution in [0, 0.1) is 0 Å². The summed E-state index contributed by atoms with van der Waals surface area (Å²) in [5.41, 5.74) is -0.331. The smallest absolute Gasteiger partial charge is 0.337 e. The standard InChI is InChI=1S/C13H16Cl2O5S/c14-9-7-10(13(17)18)12(15)11(8-9)21(19,20)6-4-2-1-3-5-16/h7-8,16H,1-6H2,(H,17,18). The lowest BCUT2D eigenvalue weighted by Gasteiger charge is -2.09. The van der Waals surface area contributed by atoms with Gasteiger partial charge < -0.3 is 10.2 Å². The Morgan fingerprint density at radius 3 is 2.29 bits per heavy atom. The molecule has 0 fully saturated rings. The van der Waals surface area contributed by atoms with Crippen LogP contribution >= 0.6 is 23.2 Å². The van der Waals surface area contributed by atoms with Crippen molar-refractivity contribution in [2.75, 3.05) is 12.4 Å². The molecule has 0 heterocycles. The van der Waals surface area contributed by atoms with Crippen LogP contribution in [-0.4, -0.2) is 37.0 Å². The number of unbranched alkanes of at least 4 members (excludes halogenated alkanes) is 3. The number of carboxylic acid groups (broad SMARTS) is 1. The number of carbonyl (C=O) groups is 1. The molecule has 1 rings (SSSR count). The molecule has 0 radical (unpaired) electrons. The van der Waals surface area contributed by atoms with Gasteiger partial charge in [-0.3, -0.25) is 0 Å². The van der Waals surface area contributed by atoms with Crippen molar-refractivity contribution in [2.45, 2.75) is 30.6 Å². The van der Waals surface area contributed by atoms with Crippen LogP contribution in [0.15, 0.2) is 17.0 Å². The van der Waals surface area contributed by atoms with Crippen LogP contribution in [0.2, 0.25) is 10.0 Å². The predicted octanol–water partition coefficient (Wildman–Crippen LogP) is 3.02. The molecule has 0 aliphatic carbocycles. The Labute approximate surface area is 133 Å². The van der Waals surface area contributed by atoms with E-state index < -0.39 is 15.8 Å². The SMILES string of the molecule is O=C(O)c1cc(Cl)cc(S(=O)(=O)CCCCCCO)c1Cl. The van der Waals surface area contributed by atoms with Crippen molar-refractivity contribution in [1.29, 1.82) is 0 Å². The highest BCUT2D eigenvalue weighted by molar-refractivity contribution is 7.91. The molecule has 0 aliphatic heterocycles. The fraction of sp³-hybridized carbons (Fsp3) is 0.462. The molecule has 0 atom stereocenters. The van der Waals surface area contributed by atoms with Gasteiger partial charge >= 0.3 is 5.97 Å². The van der Waals surface area contributed by atoms with Crippen molar-refractivity contribution < 1.29 is 23.4 Å². The number of sulfone groups is 1. The molecule has 0 saturated carbocycles. The third kappa shape index (κ3) is 5.14. The lowest BCUT2D eigenvalue weighted by Crippen LogP contribution is -2.10. The van der Waals surface area contributed by atoms with Crippen molar-refractivity contribution in [1.82, 2.24) is 0 Å². The summed E-state index contributed by atoms with van der Waals surface area (Å²) in [6, 6.07) is 2.28. The van der Waals surface area contributed by atoms with E-state index in [2.05, 4.69) is 0 Å². The summed E-state index contributed by atoms with van der Waals surface area (Å²) in [6.45, 7) is 0.0782. The van der Waals surface area contributed by atoms with Gasteiger partial charge in [0.05, 0.1) is 21.2 Å². The maximum absolute atomic E-state index is 12.2. The quantitative estimate of drug-likeness (QED) is 0.700. The average Bonchev–Trinajstić information content (AvgIpc) is 2.40. The molecule has 1 aromatic carbocycles. The van der Waals surface area contributed by atoms with Crippen LogP contribution in [-0.2, 0) is 9.84 Å². The summed E-state index contributed by atoms with van der Waals surface area (Å²) < 4.78 is 24.5. The zero-order valence-electron chi connectivity index (χ0n) is 11.2. The van der Waals surface area contributed by atoms with E-state index in [1.54, 1.807) is 0 Å². The van der Waals surface area contributed by atoms with Gasteiger partial charge in [-0.15, -0.1) is 0 Å². The van der Waals surface area contributed by atoms with Crippen LogP contribution in [0.4, 0.5) is 0 Å². The number of carboxylic acids is 1. The molecule has 8 heteroatoms. The fourth-order valence-corrected chi connectivity index (χ4v) is 4.13. The molecule has 0 spiro atoms. The van der Waals surface area contributed by atoms with Gasteiger partial charge in [-0.2, -0.15) is 0 Å². The number of aromatic carboxylic acids is 1. The minimum Gasteiger partial charge on any atom is -0.478 e. The van der Waals surface area contributed by atoms with Gasteiger partial charge in [0.25, 0.3) is 0 Å². The minimum atomic E-state index is -3.70. The number of benzene rings is 1. The normalized spacial score (nSPS) is 11.6. The second-order valence-corrected chi connectivity index (χ2v) is 7.42. The average molecular weight is 355 g/mol. The Hall–Kier alpha value is -0.820. The van der Waals surface area contributed by atoms with Gasteiger partial charge in [-0.1, -0.05) is 36.0 Å². The molecule has 0 unspecified atom stereocenters. The van der Waals surface area contributed by atoms with Gasteiger partial charge in [-0.25, -0.2) is 13.2 Å². The summed E-state index contributed by atoms with van der Waals surface area (Å²) in [7, 11) is -3.70. The van der Waals surface area contributed by atoms with Crippen molar-refractivity contribution in [3.05, 3.63) is 27.7 Å². The molecule has 0 aliphatic rings. The van der Waals surface area contributed by atoms with Crippen molar-refractivity contribution >= 4 is 39.0 Å². The van der Waals surface area contributed by atoms with Crippen molar-refractivity contribution in [2.24, 2.45) is 0 Å². The zero-order valence-corrected chi connectivity index (χ0v) is 13.5. The zero-order chi connectivity index (χ0) is 16.0. The fourth-order valence-electron chi connectivity index (χ4n) is 1.81. The van der Waals surface area contributed by atoms with Crippen LogP contribution < -0.4 is 0 Å². The first-order chi connectivity index (χ1) is 9.79. The Morgan fingerprint density at radius 1 is 1.10 bits per heavy atom. The minimum absolute atomic E-state index is 0.00987. The van der Waals surface area contributed by atoms with E-state index in [0.29, 0.717) is 19.3 Å². The highest BCUT2D eigenvalue weighted by Crippen LogP contribution is 2.30. The van der Waals surface area contributed by atoms with E-state index in [-0.39, 0.29) is 32.9 Å². The summed E-state index contributed by atoms with van der Waals surface area (Å²) in [5.74, 6) is -1.47. The Morgan fingerprint density at radius 2 is 1.71 bits per heavy atom. The molecule has 0 aromatic heterocycles. The summed E-state index contributed by atoms with van der Waals surface area (Å²) in [5, 5.41) is 17.3. The lowest BCUT2D eigenvalue weighted by atomic mass is 10.2. The molecule has 118 valence electrons. The summed E-state index contributed by atoms with van der Waals surface area (Å²) >= 11 is 11.6. The molecule has 0 saturated heterocycles. The first-order valence-corrected chi connectivity index (χ1v) is 8.76. The molecule has 21 heavy (non-hydrogen) atoms. The highest BCUT2D eigenvalue weighted by Gasteiger charge is 2.23. The number of hydrogen-bond donors (Lipinski definition) is 2. The van der Waals surface area contributed by atoms with Gasteiger partial charge in [0, 0.05) is 11.6 Å². The Kier molecular flexibility index (Phi) is 6.93. The topological polar surface area (TPSA) is 91.7 Å². The van der Waals surface area contributed by atoms with E-state index in [1.807, 2.05) is 0 Å². The van der Waals surface area contributed by atoms with Crippen molar-refractivity contribution in [3.8, 4) is 0 Å². The number of aliphatic hydroxyl groups excluding tert-OH is 1. The molecule has 2 N–H and O–H groups in total. The van der Waals surface area contributed by atoms with E-state index in [9.17, 15) is 13.2 Å². The van der Waals surface area contributed by atoms with Gasteiger partial charge in [-0.05, 0) is 25.0 Å². The Balaban J connectivity index is 2.95. The number of halogens is 2. The van der Waals surface area contributed by atoms with E-state index >= 15 is 0 Å². The molecule has 5 nitrogen and oxygen atoms in total. The van der Waals surface area contributed by atoms with Crippen LogP contribution in [0.3, 0.4) is 0 Å². The maximum Gasteiger partial charge on any atom is 0.337 e. The third-order valence-electron chi connectivity index (χ3n) is 2.89. The largest absolute Gasteiger partial charge is 0.478 e. The molecule has 0 bridgehead atoms. The highest BCUT2D eigenvalue weighted by atomic mass is 35.5. The first-order valence-electron chi connectivity index (χ1n) is 6.35. The van der Waals surface area contributed by atoms with E-state index in [4.69, 9.17) is 33.4 Å². The van der Waals surface area contributed by atoms with Crippen LogP contribution in [0.25, 0.3) is 0 Å². The second kappa shape index (κ2) is 7.98. The van der Waals surface area contributed by atoms with Gasteiger partial charge in [0.2, 0.25) is 0 Å². The van der Waals surface area contributed by atoms with Crippen LogP contribution in [0.5, 0.6) is 0 Å².